The van der Waals surface area contributed by atoms with Gasteiger partial charge in [-0.3, -0.25) is 0 Å². The van der Waals surface area contributed by atoms with Crippen molar-refractivity contribution in [3.05, 3.63) is 70.9 Å². The van der Waals surface area contributed by atoms with Gasteiger partial charge >= 0.3 is 0 Å². The zero-order valence-electron chi connectivity index (χ0n) is 10.9. The minimum atomic E-state index is 0.532. The Kier molecular flexibility index (Phi) is 3.45. The Balaban J connectivity index is 2.00. The SMILES string of the molecule is N#Cc1c(Cl)n(CCc2ccccc2)c2ccccc12. The fraction of sp³-hybridized carbons (Fsp3) is 0.118. The Morgan fingerprint density at radius 1 is 1.00 bits per heavy atom. The molecule has 0 unspecified atom stereocenters. The van der Waals surface area contributed by atoms with Crippen LogP contribution in [-0.2, 0) is 13.0 Å². The van der Waals surface area contributed by atoms with Gasteiger partial charge in [0.25, 0.3) is 0 Å². The highest BCUT2D eigenvalue weighted by Gasteiger charge is 2.14. The van der Waals surface area contributed by atoms with Gasteiger partial charge in [-0.2, -0.15) is 5.26 Å². The van der Waals surface area contributed by atoms with Crippen LogP contribution in [0.2, 0.25) is 5.15 Å². The summed E-state index contributed by atoms with van der Waals surface area (Å²) in [6.45, 7) is 0.769. The predicted molar refractivity (Wildman–Crippen MR) is 81.8 cm³/mol. The Hall–Kier alpha value is -2.24. The van der Waals surface area contributed by atoms with E-state index in [-0.39, 0.29) is 0 Å². The highest BCUT2D eigenvalue weighted by Crippen LogP contribution is 2.29. The molecular weight excluding hydrogens is 268 g/mol. The number of para-hydroxylation sites is 1. The van der Waals surface area contributed by atoms with Crippen molar-refractivity contribution in [3.63, 3.8) is 0 Å². The molecule has 3 rings (SSSR count). The molecule has 2 aromatic carbocycles. The summed E-state index contributed by atoms with van der Waals surface area (Å²) in [5.41, 5.74) is 2.85. The molecule has 0 saturated heterocycles. The number of aryl methyl sites for hydroxylation is 2. The average molecular weight is 281 g/mol. The van der Waals surface area contributed by atoms with Gasteiger partial charge in [-0.25, -0.2) is 0 Å². The van der Waals surface area contributed by atoms with Crippen LogP contribution in [-0.4, -0.2) is 4.57 Å². The fourth-order valence-electron chi connectivity index (χ4n) is 2.48. The minimum Gasteiger partial charge on any atom is -0.330 e. The highest BCUT2D eigenvalue weighted by molar-refractivity contribution is 6.32. The molecule has 98 valence electrons. The standard InChI is InChI=1S/C17H13ClN2/c18-17-15(12-19)14-8-4-5-9-16(14)20(17)11-10-13-6-2-1-3-7-13/h1-9H,10-11H2. The number of rotatable bonds is 3. The summed E-state index contributed by atoms with van der Waals surface area (Å²) in [6, 6.07) is 20.3. The first kappa shape index (κ1) is 12.8. The number of hydrogen-bond acceptors (Lipinski definition) is 1. The largest absolute Gasteiger partial charge is 0.330 e. The highest BCUT2D eigenvalue weighted by atomic mass is 35.5. The lowest BCUT2D eigenvalue weighted by atomic mass is 10.1. The predicted octanol–water partition coefficient (Wildman–Crippen LogP) is 4.41. The number of nitriles is 1. The molecule has 0 fully saturated rings. The van der Waals surface area contributed by atoms with Crippen molar-refractivity contribution < 1.29 is 0 Å². The van der Waals surface area contributed by atoms with E-state index in [1.54, 1.807) is 0 Å². The van der Waals surface area contributed by atoms with Crippen LogP contribution in [0.15, 0.2) is 54.6 Å². The van der Waals surface area contributed by atoms with E-state index in [9.17, 15) is 5.26 Å². The zero-order chi connectivity index (χ0) is 13.9. The summed E-state index contributed by atoms with van der Waals surface area (Å²) in [6.07, 6.45) is 0.893. The topological polar surface area (TPSA) is 28.7 Å². The summed E-state index contributed by atoms with van der Waals surface area (Å²) < 4.78 is 2.02. The number of halogens is 1. The van der Waals surface area contributed by atoms with Crippen molar-refractivity contribution in [3.8, 4) is 6.07 Å². The molecule has 0 saturated carbocycles. The summed E-state index contributed by atoms with van der Waals surface area (Å²) >= 11 is 6.36. The third kappa shape index (κ3) is 2.17. The minimum absolute atomic E-state index is 0.532. The normalized spacial score (nSPS) is 10.6. The number of hydrogen-bond donors (Lipinski definition) is 0. The van der Waals surface area contributed by atoms with E-state index in [1.807, 2.05) is 47.0 Å². The van der Waals surface area contributed by atoms with E-state index >= 15 is 0 Å². The maximum atomic E-state index is 9.27. The molecular formula is C17H13ClN2. The molecule has 0 aliphatic rings. The molecule has 0 aliphatic heterocycles. The lowest BCUT2D eigenvalue weighted by Crippen LogP contribution is -2.01. The average Bonchev–Trinajstić information content (AvgIpc) is 2.77. The van der Waals surface area contributed by atoms with Gasteiger partial charge in [-0.05, 0) is 18.1 Å². The summed E-state index contributed by atoms with van der Waals surface area (Å²) in [5, 5.41) is 10.7. The van der Waals surface area contributed by atoms with Gasteiger partial charge in [0, 0.05) is 11.9 Å². The van der Waals surface area contributed by atoms with Crippen LogP contribution < -0.4 is 0 Å². The van der Waals surface area contributed by atoms with E-state index in [4.69, 9.17) is 11.6 Å². The molecule has 3 heteroatoms. The first-order chi connectivity index (χ1) is 9.81. The lowest BCUT2D eigenvalue weighted by molar-refractivity contribution is 0.723. The van der Waals surface area contributed by atoms with Crippen molar-refractivity contribution in [2.45, 2.75) is 13.0 Å². The quantitative estimate of drug-likeness (QED) is 0.698. The molecule has 0 bridgehead atoms. The van der Waals surface area contributed by atoms with Crippen molar-refractivity contribution >= 4 is 22.5 Å². The molecule has 1 aromatic heterocycles. The molecule has 3 aromatic rings. The third-order valence-corrected chi connectivity index (χ3v) is 3.88. The Morgan fingerprint density at radius 3 is 2.45 bits per heavy atom. The molecule has 0 atom stereocenters. The molecule has 2 nitrogen and oxygen atoms in total. The third-order valence-electron chi connectivity index (χ3n) is 3.49. The van der Waals surface area contributed by atoms with Crippen LogP contribution >= 0.6 is 11.6 Å². The van der Waals surface area contributed by atoms with Crippen LogP contribution in [0.4, 0.5) is 0 Å². The number of benzene rings is 2. The second-order valence-corrected chi connectivity index (χ2v) is 5.04. The first-order valence-electron chi connectivity index (χ1n) is 6.52. The van der Waals surface area contributed by atoms with E-state index in [1.165, 1.54) is 5.56 Å². The Morgan fingerprint density at radius 2 is 1.70 bits per heavy atom. The van der Waals surface area contributed by atoms with E-state index in [0.717, 1.165) is 23.9 Å². The number of nitrogens with zero attached hydrogens (tertiary/aromatic N) is 2. The molecule has 0 aliphatic carbocycles. The first-order valence-corrected chi connectivity index (χ1v) is 6.90. The van der Waals surface area contributed by atoms with Gasteiger partial charge in [-0.1, -0.05) is 60.1 Å². The van der Waals surface area contributed by atoms with Crippen LogP contribution in [0.3, 0.4) is 0 Å². The van der Waals surface area contributed by atoms with E-state index in [2.05, 4.69) is 18.2 Å². The van der Waals surface area contributed by atoms with Crippen LogP contribution in [0.25, 0.3) is 10.9 Å². The maximum absolute atomic E-state index is 9.27. The molecule has 0 spiro atoms. The Bertz CT molecular complexity index is 782. The number of aromatic nitrogens is 1. The molecule has 0 radical (unpaired) electrons. The van der Waals surface area contributed by atoms with Crippen molar-refractivity contribution in [2.75, 3.05) is 0 Å². The van der Waals surface area contributed by atoms with Gasteiger partial charge in [0.2, 0.25) is 0 Å². The second kappa shape index (κ2) is 5.40. The molecule has 0 amide bonds. The second-order valence-electron chi connectivity index (χ2n) is 4.68. The number of fused-ring (bicyclic) bond motifs is 1. The van der Waals surface area contributed by atoms with Gasteiger partial charge in [0.15, 0.2) is 0 Å². The van der Waals surface area contributed by atoms with E-state index < -0.39 is 0 Å². The summed E-state index contributed by atoms with van der Waals surface area (Å²) in [5.74, 6) is 0. The molecule has 0 N–H and O–H groups in total. The van der Waals surface area contributed by atoms with Crippen LogP contribution in [0.5, 0.6) is 0 Å². The fourth-order valence-corrected chi connectivity index (χ4v) is 2.80. The van der Waals surface area contributed by atoms with Crippen molar-refractivity contribution in [2.24, 2.45) is 0 Å². The van der Waals surface area contributed by atoms with Gasteiger partial charge in [0.1, 0.15) is 11.2 Å². The maximum Gasteiger partial charge on any atom is 0.128 e. The zero-order valence-corrected chi connectivity index (χ0v) is 11.6. The van der Waals surface area contributed by atoms with Gasteiger partial charge < -0.3 is 4.57 Å². The van der Waals surface area contributed by atoms with E-state index in [0.29, 0.717) is 10.7 Å². The lowest BCUT2D eigenvalue weighted by Gasteiger charge is -2.07. The van der Waals surface area contributed by atoms with Crippen molar-refractivity contribution in [1.82, 2.24) is 4.57 Å². The van der Waals surface area contributed by atoms with Crippen LogP contribution in [0, 0.1) is 11.3 Å². The van der Waals surface area contributed by atoms with Gasteiger partial charge in [0.05, 0.1) is 11.1 Å². The smallest absolute Gasteiger partial charge is 0.128 e. The molecule has 1 heterocycles. The van der Waals surface area contributed by atoms with Crippen molar-refractivity contribution in [1.29, 1.82) is 5.26 Å². The summed E-state index contributed by atoms with van der Waals surface area (Å²) in [4.78, 5) is 0. The summed E-state index contributed by atoms with van der Waals surface area (Å²) in [7, 11) is 0. The molecule has 20 heavy (non-hydrogen) atoms. The van der Waals surface area contributed by atoms with Gasteiger partial charge in [-0.15, -0.1) is 0 Å². The Labute approximate surface area is 122 Å². The monoisotopic (exact) mass is 280 g/mol. The van der Waals surface area contributed by atoms with Crippen LogP contribution in [0.1, 0.15) is 11.1 Å².